The maximum atomic E-state index is 13.0. The number of hydrogen-bond donors (Lipinski definition) is 0. The molecule has 1 aromatic rings. The van der Waals surface area contributed by atoms with Crippen LogP contribution in [0.1, 0.15) is 44.9 Å². The molecule has 26 heavy (non-hydrogen) atoms. The highest BCUT2D eigenvalue weighted by atomic mass is 32.2. The summed E-state index contributed by atoms with van der Waals surface area (Å²) in [5.74, 6) is 0.190. The number of sulfonamides is 1. The van der Waals surface area contributed by atoms with Gasteiger partial charge >= 0.3 is 0 Å². The third-order valence-corrected chi connectivity index (χ3v) is 7.41. The molecule has 0 unspecified atom stereocenters. The number of amides is 1. The highest BCUT2D eigenvalue weighted by Gasteiger charge is 2.29. The number of carbonyl (C=O) groups excluding carboxylic acids is 1. The van der Waals surface area contributed by atoms with Crippen molar-refractivity contribution in [2.75, 3.05) is 26.2 Å². The van der Waals surface area contributed by atoms with Crippen molar-refractivity contribution >= 4 is 15.9 Å². The van der Waals surface area contributed by atoms with E-state index in [2.05, 4.69) is 0 Å². The Bertz CT molecular complexity index is 707. The summed E-state index contributed by atoms with van der Waals surface area (Å²) < 4.78 is 39.7. The van der Waals surface area contributed by atoms with E-state index < -0.39 is 15.8 Å². The summed E-state index contributed by atoms with van der Waals surface area (Å²) in [5.41, 5.74) is 0. The van der Waals surface area contributed by atoms with Crippen molar-refractivity contribution in [3.05, 3.63) is 30.1 Å². The average Bonchev–Trinajstić information content (AvgIpc) is 2.67. The number of piperidine rings is 2. The van der Waals surface area contributed by atoms with Gasteiger partial charge in [0.05, 0.1) is 4.90 Å². The number of benzene rings is 1. The maximum absolute atomic E-state index is 13.0. The van der Waals surface area contributed by atoms with E-state index in [1.54, 1.807) is 0 Å². The Balaban J connectivity index is 1.47. The largest absolute Gasteiger partial charge is 0.343 e. The second kappa shape index (κ2) is 8.48. The second-order valence-electron chi connectivity index (χ2n) is 7.28. The number of likely N-dealkylation sites (tertiary alicyclic amines) is 1. The first-order valence-electron chi connectivity index (χ1n) is 9.50. The van der Waals surface area contributed by atoms with Crippen LogP contribution in [0.3, 0.4) is 0 Å². The van der Waals surface area contributed by atoms with Gasteiger partial charge < -0.3 is 4.90 Å². The van der Waals surface area contributed by atoms with Gasteiger partial charge in [0.15, 0.2) is 0 Å². The van der Waals surface area contributed by atoms with Crippen molar-refractivity contribution < 1.29 is 17.6 Å². The minimum absolute atomic E-state index is 0.137. The van der Waals surface area contributed by atoms with Gasteiger partial charge in [0.1, 0.15) is 5.82 Å². The monoisotopic (exact) mass is 382 g/mol. The normalized spacial score (nSPS) is 20.3. The van der Waals surface area contributed by atoms with E-state index in [-0.39, 0.29) is 10.8 Å². The lowest BCUT2D eigenvalue weighted by Gasteiger charge is -2.32. The quantitative estimate of drug-likeness (QED) is 0.787. The van der Waals surface area contributed by atoms with Crippen LogP contribution in [0.4, 0.5) is 4.39 Å². The van der Waals surface area contributed by atoms with E-state index in [1.807, 2.05) is 4.90 Å². The van der Waals surface area contributed by atoms with E-state index in [9.17, 15) is 17.6 Å². The maximum Gasteiger partial charge on any atom is 0.243 e. The van der Waals surface area contributed by atoms with E-state index in [0.29, 0.717) is 25.4 Å². The second-order valence-corrected chi connectivity index (χ2v) is 9.22. The molecule has 0 atom stereocenters. The molecule has 2 aliphatic heterocycles. The minimum Gasteiger partial charge on any atom is -0.343 e. The fraction of sp³-hybridized carbons (Fsp3) is 0.632. The van der Waals surface area contributed by atoms with Gasteiger partial charge in [-0.05, 0) is 68.7 Å². The van der Waals surface area contributed by atoms with E-state index in [1.165, 1.54) is 35.0 Å². The Kier molecular flexibility index (Phi) is 6.29. The lowest BCUT2D eigenvalue weighted by Crippen LogP contribution is -2.39. The molecule has 7 heteroatoms. The first-order chi connectivity index (χ1) is 12.5. The molecule has 1 aromatic carbocycles. The van der Waals surface area contributed by atoms with Crippen LogP contribution in [0, 0.1) is 11.7 Å². The van der Waals surface area contributed by atoms with Crippen molar-refractivity contribution in [3.63, 3.8) is 0 Å². The minimum atomic E-state index is -3.56. The topological polar surface area (TPSA) is 57.7 Å². The molecule has 3 rings (SSSR count). The Morgan fingerprint density at radius 1 is 1.00 bits per heavy atom. The highest BCUT2D eigenvalue weighted by molar-refractivity contribution is 7.89. The summed E-state index contributed by atoms with van der Waals surface area (Å²) in [5, 5.41) is 0. The molecule has 0 radical (unpaired) electrons. The number of rotatable bonds is 5. The van der Waals surface area contributed by atoms with Crippen molar-refractivity contribution in [3.8, 4) is 0 Å². The van der Waals surface area contributed by atoms with Crippen LogP contribution < -0.4 is 0 Å². The number of halogens is 1. The molecule has 2 fully saturated rings. The SMILES string of the molecule is O=C(CCC1CCN(S(=O)(=O)c2ccc(F)cc2)CC1)N1CCCCC1. The van der Waals surface area contributed by atoms with E-state index in [4.69, 9.17) is 0 Å². The molecule has 0 spiro atoms. The molecule has 2 saturated heterocycles. The van der Waals surface area contributed by atoms with Gasteiger partial charge in [-0.1, -0.05) is 0 Å². The first-order valence-corrected chi connectivity index (χ1v) is 10.9. The third-order valence-electron chi connectivity index (χ3n) is 5.50. The molecule has 0 bridgehead atoms. The summed E-state index contributed by atoms with van der Waals surface area (Å²) >= 11 is 0. The molecule has 2 heterocycles. The van der Waals surface area contributed by atoms with Crippen LogP contribution in [-0.2, 0) is 14.8 Å². The zero-order valence-corrected chi connectivity index (χ0v) is 15.9. The lowest BCUT2D eigenvalue weighted by molar-refractivity contribution is -0.132. The van der Waals surface area contributed by atoms with Crippen molar-refractivity contribution in [1.82, 2.24) is 9.21 Å². The van der Waals surface area contributed by atoms with Crippen LogP contribution in [0.2, 0.25) is 0 Å². The Morgan fingerprint density at radius 3 is 2.23 bits per heavy atom. The molecule has 5 nitrogen and oxygen atoms in total. The lowest BCUT2D eigenvalue weighted by atomic mass is 9.93. The van der Waals surface area contributed by atoms with Gasteiger partial charge in [0.2, 0.25) is 15.9 Å². The zero-order valence-electron chi connectivity index (χ0n) is 15.1. The van der Waals surface area contributed by atoms with Crippen molar-refractivity contribution in [2.24, 2.45) is 5.92 Å². The van der Waals surface area contributed by atoms with Crippen LogP contribution in [0.25, 0.3) is 0 Å². The predicted molar refractivity (Wildman–Crippen MR) is 97.5 cm³/mol. The summed E-state index contributed by atoms with van der Waals surface area (Å²) in [6.45, 7) is 2.69. The fourth-order valence-corrected chi connectivity index (χ4v) is 5.29. The Hall–Kier alpha value is -1.47. The fourth-order valence-electron chi connectivity index (χ4n) is 3.82. The summed E-state index contributed by atoms with van der Waals surface area (Å²) in [6.07, 6.45) is 6.36. The first kappa shape index (κ1) is 19.3. The van der Waals surface area contributed by atoms with Crippen LogP contribution >= 0.6 is 0 Å². The van der Waals surface area contributed by atoms with Gasteiger partial charge in [-0.2, -0.15) is 4.31 Å². The number of nitrogens with zero attached hydrogens (tertiary/aromatic N) is 2. The van der Waals surface area contributed by atoms with Crippen LogP contribution in [0.5, 0.6) is 0 Å². The van der Waals surface area contributed by atoms with Gasteiger partial charge in [0, 0.05) is 32.6 Å². The standard InChI is InChI=1S/C19H27FN2O3S/c20-17-5-7-18(8-6-17)26(24,25)22-14-10-16(11-15-22)4-9-19(23)21-12-2-1-3-13-21/h5-8,16H,1-4,9-15H2. The summed E-state index contributed by atoms with van der Waals surface area (Å²) in [4.78, 5) is 14.4. The van der Waals surface area contributed by atoms with Crippen molar-refractivity contribution in [2.45, 2.75) is 49.8 Å². The van der Waals surface area contributed by atoms with Gasteiger partial charge in [-0.25, -0.2) is 12.8 Å². The van der Waals surface area contributed by atoms with Crippen molar-refractivity contribution in [1.29, 1.82) is 0 Å². The summed E-state index contributed by atoms with van der Waals surface area (Å²) in [6, 6.07) is 4.97. The van der Waals surface area contributed by atoms with E-state index >= 15 is 0 Å². The average molecular weight is 383 g/mol. The Labute approximate surface area is 155 Å². The summed E-state index contributed by atoms with van der Waals surface area (Å²) in [7, 11) is -3.56. The molecular formula is C19H27FN2O3S. The van der Waals surface area contributed by atoms with Gasteiger partial charge in [-0.3, -0.25) is 4.79 Å². The number of carbonyl (C=O) groups is 1. The van der Waals surface area contributed by atoms with Gasteiger partial charge in [-0.15, -0.1) is 0 Å². The molecule has 2 aliphatic rings. The zero-order chi connectivity index (χ0) is 18.6. The molecule has 0 N–H and O–H groups in total. The molecule has 144 valence electrons. The highest BCUT2D eigenvalue weighted by Crippen LogP contribution is 2.27. The molecular weight excluding hydrogens is 355 g/mol. The molecule has 1 amide bonds. The number of hydrogen-bond acceptors (Lipinski definition) is 3. The molecule has 0 aromatic heterocycles. The molecule has 0 aliphatic carbocycles. The molecule has 0 saturated carbocycles. The van der Waals surface area contributed by atoms with Crippen LogP contribution in [0.15, 0.2) is 29.2 Å². The van der Waals surface area contributed by atoms with Crippen LogP contribution in [-0.4, -0.2) is 49.7 Å². The predicted octanol–water partition coefficient (Wildman–Crippen LogP) is 3.02. The third kappa shape index (κ3) is 4.62. The van der Waals surface area contributed by atoms with E-state index in [0.717, 1.165) is 45.2 Å². The Morgan fingerprint density at radius 2 is 1.62 bits per heavy atom. The smallest absolute Gasteiger partial charge is 0.243 e. The van der Waals surface area contributed by atoms with Gasteiger partial charge in [0.25, 0.3) is 0 Å².